The molecule has 0 aliphatic rings. The highest BCUT2D eigenvalue weighted by molar-refractivity contribution is 6.10. The molecule has 0 amide bonds. The van der Waals surface area contributed by atoms with Crippen LogP contribution in [-0.4, -0.2) is 4.57 Å². The highest BCUT2D eigenvalue weighted by Gasteiger charge is 2.13. The van der Waals surface area contributed by atoms with Crippen molar-refractivity contribution in [3.05, 3.63) is 140 Å². The molecule has 0 unspecified atom stereocenters. The molecule has 0 aliphatic carbocycles. The van der Waals surface area contributed by atoms with E-state index in [1.807, 2.05) is 30.3 Å². The first-order valence-electron chi connectivity index (χ1n) is 12.2. The van der Waals surface area contributed by atoms with Crippen LogP contribution in [0.4, 0.5) is 0 Å². The summed E-state index contributed by atoms with van der Waals surface area (Å²) in [7, 11) is 0. The lowest BCUT2D eigenvalue weighted by Gasteiger charge is -2.08. The Balaban J connectivity index is 1.28. The number of hydrogen-bond donors (Lipinski definition) is 0. The van der Waals surface area contributed by atoms with Gasteiger partial charge in [0.1, 0.15) is 11.5 Å². The van der Waals surface area contributed by atoms with Crippen molar-refractivity contribution in [2.24, 2.45) is 0 Å². The van der Waals surface area contributed by atoms with Crippen LogP contribution in [0.25, 0.3) is 61.3 Å². The zero-order valence-electron chi connectivity index (χ0n) is 19.6. The van der Waals surface area contributed by atoms with Gasteiger partial charge in [-0.15, -0.1) is 0 Å². The largest absolute Gasteiger partial charge is 0.456 e. The first-order chi connectivity index (χ1) is 17.8. The molecule has 0 atom stereocenters. The first kappa shape index (κ1) is 20.5. The fourth-order valence-electron chi connectivity index (χ4n) is 5.09. The van der Waals surface area contributed by atoms with Crippen LogP contribution in [-0.2, 0) is 0 Å². The first-order valence-corrected chi connectivity index (χ1v) is 12.2. The summed E-state index contributed by atoms with van der Waals surface area (Å²) in [5.41, 5.74) is 8.16. The van der Waals surface area contributed by atoms with Crippen molar-refractivity contribution >= 4 is 21.8 Å². The summed E-state index contributed by atoms with van der Waals surface area (Å²) in [6.45, 7) is 0. The molecule has 0 aliphatic heterocycles. The van der Waals surface area contributed by atoms with E-state index in [1.165, 1.54) is 38.6 Å². The molecule has 0 spiro atoms. The van der Waals surface area contributed by atoms with Gasteiger partial charge in [-0.3, -0.25) is 0 Å². The summed E-state index contributed by atoms with van der Waals surface area (Å²) in [6, 6.07) is 48.9. The second-order valence-corrected chi connectivity index (χ2v) is 9.03. The van der Waals surface area contributed by atoms with Gasteiger partial charge >= 0.3 is 0 Å². The molecule has 0 fully saturated rings. The Morgan fingerprint density at radius 1 is 0.389 bits per heavy atom. The van der Waals surface area contributed by atoms with E-state index in [4.69, 9.17) is 4.42 Å². The van der Waals surface area contributed by atoms with Gasteiger partial charge in [-0.05, 0) is 53.6 Å². The van der Waals surface area contributed by atoms with Gasteiger partial charge in [0.15, 0.2) is 0 Å². The number of furan rings is 1. The maximum absolute atomic E-state index is 6.15. The zero-order chi connectivity index (χ0) is 23.9. The summed E-state index contributed by atoms with van der Waals surface area (Å²) in [5.74, 6) is 1.76. The molecule has 0 bridgehead atoms. The molecule has 0 saturated carbocycles. The fraction of sp³-hybridized carbons (Fsp3) is 0. The molecule has 0 radical (unpaired) electrons. The minimum atomic E-state index is 0.877. The zero-order valence-corrected chi connectivity index (χ0v) is 19.6. The van der Waals surface area contributed by atoms with E-state index in [2.05, 4.69) is 114 Å². The van der Waals surface area contributed by atoms with E-state index in [1.54, 1.807) is 0 Å². The highest BCUT2D eigenvalue weighted by atomic mass is 16.3. The molecule has 7 rings (SSSR count). The van der Waals surface area contributed by atoms with Gasteiger partial charge in [0.05, 0.1) is 11.0 Å². The van der Waals surface area contributed by atoms with Crippen LogP contribution >= 0.6 is 0 Å². The topological polar surface area (TPSA) is 18.1 Å². The van der Waals surface area contributed by atoms with Gasteiger partial charge in [0, 0.05) is 27.6 Å². The SMILES string of the molecule is c1ccc(-c2ccc(-c3ccc(-c4ccc5c(c4)c4ccccc4n5-c4ccccc4)cc3)o2)cc1. The van der Waals surface area contributed by atoms with Gasteiger partial charge in [0.2, 0.25) is 0 Å². The lowest BCUT2D eigenvalue weighted by Crippen LogP contribution is -1.92. The van der Waals surface area contributed by atoms with Crippen molar-refractivity contribution < 1.29 is 4.42 Å². The Kier molecular flexibility index (Phi) is 4.82. The number of rotatable bonds is 4. The van der Waals surface area contributed by atoms with E-state index in [9.17, 15) is 0 Å². The minimum absolute atomic E-state index is 0.877. The third-order valence-electron chi connectivity index (χ3n) is 6.85. The van der Waals surface area contributed by atoms with Crippen molar-refractivity contribution in [1.29, 1.82) is 0 Å². The van der Waals surface area contributed by atoms with E-state index >= 15 is 0 Å². The van der Waals surface area contributed by atoms with E-state index in [0.717, 1.165) is 22.6 Å². The summed E-state index contributed by atoms with van der Waals surface area (Å²) in [6.07, 6.45) is 0. The van der Waals surface area contributed by atoms with Crippen molar-refractivity contribution in [3.8, 4) is 39.5 Å². The number of nitrogens with zero attached hydrogens (tertiary/aromatic N) is 1. The fourth-order valence-corrected chi connectivity index (χ4v) is 5.09. The predicted molar refractivity (Wildman–Crippen MR) is 149 cm³/mol. The minimum Gasteiger partial charge on any atom is -0.456 e. The lowest BCUT2D eigenvalue weighted by molar-refractivity contribution is 0.597. The molecule has 0 saturated heterocycles. The quantitative estimate of drug-likeness (QED) is 0.255. The second kappa shape index (κ2) is 8.44. The molecular formula is C34H23NO. The predicted octanol–water partition coefficient (Wildman–Crippen LogP) is 9.38. The molecular weight excluding hydrogens is 438 g/mol. The van der Waals surface area contributed by atoms with Crippen LogP contribution in [0, 0.1) is 0 Å². The van der Waals surface area contributed by atoms with Crippen LogP contribution in [0.5, 0.6) is 0 Å². The molecule has 5 aromatic carbocycles. The molecule has 7 aromatic rings. The third kappa shape index (κ3) is 3.43. The Morgan fingerprint density at radius 2 is 0.944 bits per heavy atom. The van der Waals surface area contributed by atoms with Gasteiger partial charge in [-0.2, -0.15) is 0 Å². The van der Waals surface area contributed by atoms with Crippen LogP contribution in [0.1, 0.15) is 0 Å². The molecule has 0 N–H and O–H groups in total. The van der Waals surface area contributed by atoms with Crippen molar-refractivity contribution in [2.45, 2.75) is 0 Å². The Hall–Kier alpha value is -4.82. The van der Waals surface area contributed by atoms with Crippen LogP contribution < -0.4 is 0 Å². The maximum Gasteiger partial charge on any atom is 0.134 e. The maximum atomic E-state index is 6.15. The second-order valence-electron chi connectivity index (χ2n) is 9.03. The monoisotopic (exact) mass is 461 g/mol. The van der Waals surface area contributed by atoms with Gasteiger partial charge < -0.3 is 8.98 Å². The Morgan fingerprint density at radius 3 is 1.69 bits per heavy atom. The summed E-state index contributed by atoms with van der Waals surface area (Å²) < 4.78 is 8.50. The summed E-state index contributed by atoms with van der Waals surface area (Å²) >= 11 is 0. The molecule has 36 heavy (non-hydrogen) atoms. The van der Waals surface area contributed by atoms with Crippen LogP contribution in [0.3, 0.4) is 0 Å². The standard InChI is InChI=1S/C34H23NO/c1-3-9-25(10-4-1)33-21-22-34(36-33)26-17-15-24(16-18-26)27-19-20-32-30(23-27)29-13-7-8-14-31(29)35(32)28-11-5-2-6-12-28/h1-23H. The average molecular weight is 462 g/mol. The number of aromatic nitrogens is 1. The molecule has 2 heterocycles. The smallest absolute Gasteiger partial charge is 0.134 e. The number of hydrogen-bond acceptors (Lipinski definition) is 1. The number of fused-ring (bicyclic) bond motifs is 3. The molecule has 170 valence electrons. The average Bonchev–Trinajstić information content (AvgIpc) is 3.57. The van der Waals surface area contributed by atoms with E-state index in [0.29, 0.717) is 0 Å². The van der Waals surface area contributed by atoms with E-state index in [-0.39, 0.29) is 0 Å². The molecule has 2 nitrogen and oxygen atoms in total. The third-order valence-corrected chi connectivity index (χ3v) is 6.85. The van der Waals surface area contributed by atoms with Crippen molar-refractivity contribution in [3.63, 3.8) is 0 Å². The van der Waals surface area contributed by atoms with Gasteiger partial charge in [0.25, 0.3) is 0 Å². The Labute approximate surface area is 209 Å². The van der Waals surface area contributed by atoms with Crippen molar-refractivity contribution in [1.82, 2.24) is 4.57 Å². The molecule has 2 heteroatoms. The van der Waals surface area contributed by atoms with Gasteiger partial charge in [-0.1, -0.05) is 97.1 Å². The highest BCUT2D eigenvalue weighted by Crippen LogP contribution is 2.35. The molecule has 2 aromatic heterocycles. The summed E-state index contributed by atoms with van der Waals surface area (Å²) in [4.78, 5) is 0. The van der Waals surface area contributed by atoms with Crippen molar-refractivity contribution in [2.75, 3.05) is 0 Å². The van der Waals surface area contributed by atoms with Crippen LogP contribution in [0.2, 0.25) is 0 Å². The number of para-hydroxylation sites is 2. The number of benzene rings is 5. The summed E-state index contributed by atoms with van der Waals surface area (Å²) in [5, 5.41) is 2.52. The van der Waals surface area contributed by atoms with Gasteiger partial charge in [-0.25, -0.2) is 0 Å². The normalized spacial score (nSPS) is 11.3. The van der Waals surface area contributed by atoms with Crippen LogP contribution in [0.15, 0.2) is 144 Å². The Bertz CT molecular complexity index is 1810. The lowest BCUT2D eigenvalue weighted by atomic mass is 10.0. The van der Waals surface area contributed by atoms with E-state index < -0.39 is 0 Å².